The molecule has 1 spiro atoms. The smallest absolute Gasteiger partial charge is 0.165 e. The summed E-state index contributed by atoms with van der Waals surface area (Å²) < 4.78 is 12.6. The van der Waals surface area contributed by atoms with Gasteiger partial charge in [-0.3, -0.25) is 0 Å². The second-order valence-electron chi connectivity index (χ2n) is 10.7. The maximum atomic E-state index is 11.0. The van der Waals surface area contributed by atoms with Crippen LogP contribution in [0.5, 0.6) is 0 Å². The fourth-order valence-corrected chi connectivity index (χ4v) is 5.52. The van der Waals surface area contributed by atoms with Crippen molar-refractivity contribution < 1.29 is 19.7 Å². The Morgan fingerprint density at radius 1 is 1.23 bits per heavy atom. The SMILES string of the molecule is CC(C)CC(O)(/C=C/C#C/C(CO)=C1\C2=CCCCC[C@@]23OC(C)(C)O[C@@H]13)CC(C)C. The molecular weight excluding hydrogens is 388 g/mol. The van der Waals surface area contributed by atoms with Crippen LogP contribution in [0.25, 0.3) is 0 Å². The summed E-state index contributed by atoms with van der Waals surface area (Å²) >= 11 is 0. The molecular formula is C27H40O4. The lowest BCUT2D eigenvalue weighted by Crippen LogP contribution is -2.54. The van der Waals surface area contributed by atoms with Crippen LogP contribution < -0.4 is 0 Å². The first-order valence-corrected chi connectivity index (χ1v) is 11.9. The van der Waals surface area contributed by atoms with Crippen LogP contribution in [-0.2, 0) is 9.47 Å². The lowest BCUT2D eigenvalue weighted by Gasteiger charge is -2.47. The van der Waals surface area contributed by atoms with Gasteiger partial charge in [0.2, 0.25) is 0 Å². The molecule has 0 aromatic carbocycles. The summed E-state index contributed by atoms with van der Waals surface area (Å²) in [4.78, 5) is 0. The normalized spacial score (nSPS) is 29.1. The molecule has 0 bridgehead atoms. The van der Waals surface area contributed by atoms with Crippen molar-refractivity contribution in [2.45, 2.75) is 103 Å². The number of hydrogen-bond acceptors (Lipinski definition) is 4. The van der Waals surface area contributed by atoms with Gasteiger partial charge in [0.1, 0.15) is 11.7 Å². The predicted molar refractivity (Wildman–Crippen MR) is 124 cm³/mol. The monoisotopic (exact) mass is 428 g/mol. The average molecular weight is 429 g/mol. The van der Waals surface area contributed by atoms with Crippen LogP contribution in [0, 0.1) is 23.7 Å². The summed E-state index contributed by atoms with van der Waals surface area (Å²) in [5.74, 6) is 6.35. The zero-order valence-electron chi connectivity index (χ0n) is 20.1. The molecule has 2 atom stereocenters. The highest BCUT2D eigenvalue weighted by atomic mass is 16.8. The minimum Gasteiger partial charge on any atom is -0.391 e. The molecule has 1 aliphatic heterocycles. The van der Waals surface area contributed by atoms with Crippen molar-refractivity contribution in [2.75, 3.05) is 6.61 Å². The van der Waals surface area contributed by atoms with E-state index in [1.165, 1.54) is 0 Å². The largest absolute Gasteiger partial charge is 0.391 e. The molecule has 3 rings (SSSR count). The van der Waals surface area contributed by atoms with E-state index in [4.69, 9.17) is 9.47 Å². The Bertz CT molecular complexity index is 808. The van der Waals surface area contributed by atoms with Gasteiger partial charge in [0.25, 0.3) is 0 Å². The Hall–Kier alpha value is -1.38. The Kier molecular flexibility index (Phi) is 7.23. The van der Waals surface area contributed by atoms with Crippen LogP contribution in [0.3, 0.4) is 0 Å². The summed E-state index contributed by atoms with van der Waals surface area (Å²) in [5.41, 5.74) is 1.60. The minimum atomic E-state index is -0.856. The van der Waals surface area contributed by atoms with E-state index in [0.29, 0.717) is 30.3 Å². The molecule has 4 heteroatoms. The third-order valence-electron chi connectivity index (χ3n) is 6.32. The molecule has 0 unspecified atom stereocenters. The van der Waals surface area contributed by atoms with Gasteiger partial charge in [0.05, 0.1) is 12.2 Å². The zero-order valence-corrected chi connectivity index (χ0v) is 20.1. The van der Waals surface area contributed by atoms with Crippen molar-refractivity contribution in [3.8, 4) is 11.8 Å². The molecule has 1 saturated carbocycles. The topological polar surface area (TPSA) is 58.9 Å². The quantitative estimate of drug-likeness (QED) is 0.581. The number of hydrogen-bond donors (Lipinski definition) is 2. The molecule has 0 aromatic rings. The second kappa shape index (κ2) is 9.24. The zero-order chi connectivity index (χ0) is 22.9. The highest BCUT2D eigenvalue weighted by molar-refractivity contribution is 5.62. The van der Waals surface area contributed by atoms with Gasteiger partial charge in [-0.25, -0.2) is 0 Å². The lowest BCUT2D eigenvalue weighted by atomic mass is 9.64. The van der Waals surface area contributed by atoms with E-state index in [1.807, 2.05) is 19.9 Å². The van der Waals surface area contributed by atoms with Gasteiger partial charge >= 0.3 is 0 Å². The van der Waals surface area contributed by atoms with Crippen LogP contribution in [0.2, 0.25) is 0 Å². The van der Waals surface area contributed by atoms with Crippen molar-refractivity contribution in [3.05, 3.63) is 34.9 Å². The molecule has 0 amide bonds. The fraction of sp³-hybridized carbons (Fsp3) is 0.704. The van der Waals surface area contributed by atoms with Crippen molar-refractivity contribution >= 4 is 0 Å². The highest BCUT2D eigenvalue weighted by Crippen LogP contribution is 2.59. The minimum absolute atomic E-state index is 0.133. The molecule has 1 heterocycles. The summed E-state index contributed by atoms with van der Waals surface area (Å²) in [6, 6.07) is 0. The van der Waals surface area contributed by atoms with Gasteiger partial charge in [-0.15, -0.1) is 0 Å². The Morgan fingerprint density at radius 2 is 1.90 bits per heavy atom. The van der Waals surface area contributed by atoms with Gasteiger partial charge in [0.15, 0.2) is 5.79 Å². The lowest BCUT2D eigenvalue weighted by molar-refractivity contribution is -0.152. The number of rotatable bonds is 6. The first kappa shape index (κ1) is 24.3. The van der Waals surface area contributed by atoms with Crippen molar-refractivity contribution in [1.29, 1.82) is 0 Å². The van der Waals surface area contributed by atoms with E-state index in [-0.39, 0.29) is 18.3 Å². The maximum absolute atomic E-state index is 11.0. The number of allylic oxidation sites excluding steroid dienone is 2. The van der Waals surface area contributed by atoms with Crippen LogP contribution in [0.4, 0.5) is 0 Å². The Labute approximate surface area is 188 Å². The predicted octanol–water partition coefficient (Wildman–Crippen LogP) is 5.06. The molecule has 2 aliphatic carbocycles. The van der Waals surface area contributed by atoms with Gasteiger partial charge in [-0.1, -0.05) is 45.6 Å². The highest BCUT2D eigenvalue weighted by Gasteiger charge is 2.65. The maximum Gasteiger partial charge on any atom is 0.165 e. The third kappa shape index (κ3) is 5.17. The molecule has 172 valence electrons. The standard InChI is InChI=1S/C27H40O4/c1-19(2)16-26(29,17-20(3)4)14-11-9-12-21(18-28)23-22-13-8-7-10-15-27(22)24(23)30-25(5,6)31-27/h11,13-14,19-20,24,28-29H,7-8,10,15-18H2,1-6H3/b14-11+,23-21-/t24-,27+/m0/s1. The van der Waals surface area contributed by atoms with E-state index < -0.39 is 11.4 Å². The number of aliphatic hydroxyl groups is 2. The molecule has 1 saturated heterocycles. The van der Waals surface area contributed by atoms with Crippen molar-refractivity contribution in [2.24, 2.45) is 11.8 Å². The molecule has 31 heavy (non-hydrogen) atoms. The van der Waals surface area contributed by atoms with E-state index in [0.717, 1.165) is 36.8 Å². The molecule has 3 aliphatic rings. The first-order chi connectivity index (χ1) is 14.5. The van der Waals surface area contributed by atoms with Gasteiger partial charge in [-0.2, -0.15) is 0 Å². The van der Waals surface area contributed by atoms with Crippen molar-refractivity contribution in [3.63, 3.8) is 0 Å². The van der Waals surface area contributed by atoms with E-state index in [2.05, 4.69) is 45.6 Å². The van der Waals surface area contributed by atoms with E-state index in [1.54, 1.807) is 6.08 Å². The fourth-order valence-electron chi connectivity index (χ4n) is 5.52. The Morgan fingerprint density at radius 3 is 2.52 bits per heavy atom. The number of ether oxygens (including phenoxy) is 2. The van der Waals surface area contributed by atoms with Gasteiger partial charge in [0, 0.05) is 11.1 Å². The van der Waals surface area contributed by atoms with Crippen LogP contribution >= 0.6 is 0 Å². The molecule has 0 aromatic heterocycles. The molecule has 0 radical (unpaired) electrons. The molecule has 2 fully saturated rings. The summed E-state index contributed by atoms with van der Waals surface area (Å²) in [5, 5.41) is 21.2. The van der Waals surface area contributed by atoms with Gasteiger partial charge in [-0.05, 0) is 81.9 Å². The van der Waals surface area contributed by atoms with E-state index >= 15 is 0 Å². The van der Waals surface area contributed by atoms with Crippen molar-refractivity contribution in [1.82, 2.24) is 0 Å². The molecule has 2 N–H and O–H groups in total. The van der Waals surface area contributed by atoms with Gasteiger partial charge < -0.3 is 19.7 Å². The second-order valence-corrected chi connectivity index (χ2v) is 10.7. The first-order valence-electron chi connectivity index (χ1n) is 11.9. The Balaban J connectivity index is 1.88. The average Bonchev–Trinajstić information content (AvgIpc) is 2.74. The van der Waals surface area contributed by atoms with E-state index in [9.17, 15) is 10.2 Å². The number of aliphatic hydroxyl groups excluding tert-OH is 1. The third-order valence-corrected chi connectivity index (χ3v) is 6.32. The van der Waals surface area contributed by atoms with Crippen LogP contribution in [-0.4, -0.2) is 39.9 Å². The summed E-state index contributed by atoms with van der Waals surface area (Å²) in [6.45, 7) is 12.3. The molecule has 4 nitrogen and oxygen atoms in total. The summed E-state index contributed by atoms with van der Waals surface area (Å²) in [7, 11) is 0. The summed E-state index contributed by atoms with van der Waals surface area (Å²) in [6.07, 6.45) is 11.3. The van der Waals surface area contributed by atoms with Crippen LogP contribution in [0.15, 0.2) is 34.9 Å². The van der Waals surface area contributed by atoms with Crippen LogP contribution in [0.1, 0.15) is 80.1 Å².